The van der Waals surface area contributed by atoms with Gasteiger partial charge in [0.1, 0.15) is 6.29 Å². The van der Waals surface area contributed by atoms with E-state index in [1.54, 1.807) is 0 Å². The first-order chi connectivity index (χ1) is 5.57. The Bertz CT molecular complexity index is 201. The van der Waals surface area contributed by atoms with Gasteiger partial charge in [-0.25, -0.2) is 0 Å². The third-order valence-electron chi connectivity index (χ3n) is 2.40. The van der Waals surface area contributed by atoms with E-state index in [1.165, 1.54) is 0 Å². The molecule has 1 rings (SSSR count). The Morgan fingerprint density at radius 1 is 1.67 bits per heavy atom. The zero-order valence-corrected chi connectivity index (χ0v) is 6.69. The van der Waals surface area contributed by atoms with Crippen LogP contribution in [0.1, 0.15) is 25.7 Å². The van der Waals surface area contributed by atoms with Crippen molar-refractivity contribution in [3.05, 3.63) is 0 Å². The Morgan fingerprint density at radius 2 is 2.33 bits per heavy atom. The van der Waals surface area contributed by atoms with Crippen molar-refractivity contribution < 1.29 is 19.8 Å². The fourth-order valence-electron chi connectivity index (χ4n) is 1.66. The molecule has 0 radical (unpaired) electrons. The van der Waals surface area contributed by atoms with Gasteiger partial charge in [0.2, 0.25) is 0 Å². The second kappa shape index (κ2) is 3.23. The van der Waals surface area contributed by atoms with Crippen LogP contribution in [0.4, 0.5) is 0 Å². The lowest BCUT2D eigenvalue weighted by Gasteiger charge is -2.18. The van der Waals surface area contributed by atoms with Crippen molar-refractivity contribution in [3.8, 4) is 0 Å². The standard InChI is InChI=1S/C8H12O4/c9-4-3-8(12)2-1-6(5-8)7(10)11/h4,6,12H,1-3,5H2,(H,10,11). The molecule has 2 N–H and O–H groups in total. The molecule has 0 aromatic heterocycles. The van der Waals surface area contributed by atoms with Crippen molar-refractivity contribution >= 4 is 12.3 Å². The fourth-order valence-corrected chi connectivity index (χ4v) is 1.66. The molecule has 4 heteroatoms. The van der Waals surface area contributed by atoms with Gasteiger partial charge in [-0.3, -0.25) is 4.79 Å². The summed E-state index contributed by atoms with van der Waals surface area (Å²) in [6.07, 6.45) is 1.80. The van der Waals surface area contributed by atoms with Gasteiger partial charge in [0.05, 0.1) is 11.5 Å². The number of carbonyl (C=O) groups is 2. The zero-order valence-electron chi connectivity index (χ0n) is 6.69. The van der Waals surface area contributed by atoms with Crippen LogP contribution in [-0.2, 0) is 9.59 Å². The maximum Gasteiger partial charge on any atom is 0.306 e. The maximum absolute atomic E-state index is 10.5. The molecule has 1 fully saturated rings. The highest BCUT2D eigenvalue weighted by Gasteiger charge is 2.39. The average Bonchev–Trinajstić information content (AvgIpc) is 2.33. The van der Waals surface area contributed by atoms with E-state index in [0.717, 1.165) is 0 Å². The van der Waals surface area contributed by atoms with Crippen molar-refractivity contribution in [3.63, 3.8) is 0 Å². The first kappa shape index (κ1) is 9.19. The van der Waals surface area contributed by atoms with Crippen molar-refractivity contribution in [2.45, 2.75) is 31.3 Å². The van der Waals surface area contributed by atoms with Crippen LogP contribution in [0.15, 0.2) is 0 Å². The molecule has 2 unspecified atom stereocenters. The van der Waals surface area contributed by atoms with Crippen LogP contribution < -0.4 is 0 Å². The highest BCUT2D eigenvalue weighted by molar-refractivity contribution is 5.70. The maximum atomic E-state index is 10.5. The lowest BCUT2D eigenvalue weighted by Crippen LogP contribution is -2.26. The van der Waals surface area contributed by atoms with E-state index in [4.69, 9.17) is 5.11 Å². The molecule has 0 aliphatic heterocycles. The summed E-state index contributed by atoms with van der Waals surface area (Å²) in [5.74, 6) is -1.35. The lowest BCUT2D eigenvalue weighted by molar-refractivity contribution is -0.142. The monoisotopic (exact) mass is 172 g/mol. The number of carboxylic acid groups (broad SMARTS) is 1. The minimum Gasteiger partial charge on any atom is -0.481 e. The first-order valence-electron chi connectivity index (χ1n) is 3.96. The van der Waals surface area contributed by atoms with E-state index in [9.17, 15) is 14.7 Å². The van der Waals surface area contributed by atoms with Crippen molar-refractivity contribution in [1.82, 2.24) is 0 Å². The van der Waals surface area contributed by atoms with Crippen molar-refractivity contribution in [2.24, 2.45) is 5.92 Å². The molecule has 0 heterocycles. The molecule has 12 heavy (non-hydrogen) atoms. The van der Waals surface area contributed by atoms with E-state index in [0.29, 0.717) is 19.1 Å². The van der Waals surface area contributed by atoms with Crippen molar-refractivity contribution in [1.29, 1.82) is 0 Å². The molecule has 1 saturated carbocycles. The number of rotatable bonds is 3. The second-order valence-corrected chi connectivity index (χ2v) is 3.37. The number of aliphatic carboxylic acids is 1. The van der Waals surface area contributed by atoms with Gasteiger partial charge in [0, 0.05) is 6.42 Å². The smallest absolute Gasteiger partial charge is 0.306 e. The van der Waals surface area contributed by atoms with E-state index in [-0.39, 0.29) is 12.8 Å². The molecular formula is C8H12O4. The summed E-state index contributed by atoms with van der Waals surface area (Å²) in [5.41, 5.74) is -1.05. The first-order valence-corrected chi connectivity index (χ1v) is 3.96. The summed E-state index contributed by atoms with van der Waals surface area (Å²) in [6, 6.07) is 0. The van der Waals surface area contributed by atoms with Gasteiger partial charge in [-0.2, -0.15) is 0 Å². The highest BCUT2D eigenvalue weighted by atomic mass is 16.4. The van der Waals surface area contributed by atoms with E-state index < -0.39 is 17.5 Å². The van der Waals surface area contributed by atoms with Crippen LogP contribution in [0.3, 0.4) is 0 Å². The molecule has 4 nitrogen and oxygen atoms in total. The van der Waals surface area contributed by atoms with Gasteiger partial charge in [-0.15, -0.1) is 0 Å². The average molecular weight is 172 g/mol. The van der Waals surface area contributed by atoms with E-state index in [1.807, 2.05) is 0 Å². The van der Waals surface area contributed by atoms with Gasteiger partial charge >= 0.3 is 5.97 Å². The molecule has 0 aromatic rings. The minimum absolute atomic E-state index is 0.0524. The van der Waals surface area contributed by atoms with Gasteiger partial charge in [-0.1, -0.05) is 0 Å². The summed E-state index contributed by atoms with van der Waals surface area (Å²) >= 11 is 0. The van der Waals surface area contributed by atoms with E-state index in [2.05, 4.69) is 0 Å². The summed E-state index contributed by atoms with van der Waals surface area (Å²) < 4.78 is 0. The predicted octanol–water partition coefficient (Wildman–Crippen LogP) is 0.191. The molecular weight excluding hydrogens is 160 g/mol. The van der Waals surface area contributed by atoms with Gasteiger partial charge in [-0.05, 0) is 19.3 Å². The number of hydrogen-bond acceptors (Lipinski definition) is 3. The molecule has 2 atom stereocenters. The topological polar surface area (TPSA) is 74.6 Å². The SMILES string of the molecule is O=CCC1(O)CCC(C(=O)O)C1. The Hall–Kier alpha value is -0.900. The van der Waals surface area contributed by atoms with Crippen LogP contribution in [0.25, 0.3) is 0 Å². The largest absolute Gasteiger partial charge is 0.481 e. The zero-order chi connectivity index (χ0) is 9.19. The summed E-state index contributed by atoms with van der Waals surface area (Å²) in [5, 5.41) is 18.2. The molecule has 68 valence electrons. The lowest BCUT2D eigenvalue weighted by atomic mass is 9.97. The van der Waals surface area contributed by atoms with Crippen LogP contribution in [0.2, 0.25) is 0 Å². The number of aldehydes is 1. The van der Waals surface area contributed by atoms with Crippen molar-refractivity contribution in [2.75, 3.05) is 0 Å². The summed E-state index contributed by atoms with van der Waals surface area (Å²) in [6.45, 7) is 0. The van der Waals surface area contributed by atoms with Gasteiger partial charge in [0.15, 0.2) is 0 Å². The molecule has 1 aliphatic rings. The summed E-state index contributed by atoms with van der Waals surface area (Å²) in [7, 11) is 0. The third-order valence-corrected chi connectivity index (χ3v) is 2.40. The quantitative estimate of drug-likeness (QED) is 0.596. The molecule has 0 bridgehead atoms. The Morgan fingerprint density at radius 3 is 2.75 bits per heavy atom. The van der Waals surface area contributed by atoms with E-state index >= 15 is 0 Å². The molecule has 0 saturated heterocycles. The van der Waals surface area contributed by atoms with Crippen LogP contribution >= 0.6 is 0 Å². The number of carboxylic acids is 1. The van der Waals surface area contributed by atoms with Gasteiger partial charge < -0.3 is 15.0 Å². The number of carbonyl (C=O) groups excluding carboxylic acids is 1. The third kappa shape index (κ3) is 1.82. The Labute approximate surface area is 70.2 Å². The highest BCUT2D eigenvalue weighted by Crippen LogP contribution is 2.36. The summed E-state index contributed by atoms with van der Waals surface area (Å²) in [4.78, 5) is 20.6. The number of hydrogen-bond donors (Lipinski definition) is 2. The molecule has 0 amide bonds. The normalized spacial score (nSPS) is 34.9. The molecule has 0 spiro atoms. The van der Waals surface area contributed by atoms with Crippen LogP contribution in [0.5, 0.6) is 0 Å². The van der Waals surface area contributed by atoms with Crippen LogP contribution in [0, 0.1) is 5.92 Å². The Kier molecular flexibility index (Phi) is 2.47. The number of aliphatic hydroxyl groups is 1. The molecule has 0 aromatic carbocycles. The molecule has 1 aliphatic carbocycles. The van der Waals surface area contributed by atoms with Crippen LogP contribution in [-0.4, -0.2) is 28.1 Å². The Balaban J connectivity index is 2.54. The fraction of sp³-hybridized carbons (Fsp3) is 0.750. The minimum atomic E-state index is -1.05. The van der Waals surface area contributed by atoms with Gasteiger partial charge in [0.25, 0.3) is 0 Å². The predicted molar refractivity (Wildman–Crippen MR) is 40.6 cm³/mol. The second-order valence-electron chi connectivity index (χ2n) is 3.37.